The van der Waals surface area contributed by atoms with E-state index in [1.165, 1.54) is 11.1 Å². The molecule has 1 aliphatic rings. The van der Waals surface area contributed by atoms with Crippen molar-refractivity contribution in [2.45, 2.75) is 38.1 Å². The number of hydrogen-bond acceptors (Lipinski definition) is 2. The minimum atomic E-state index is 0.337. The zero-order chi connectivity index (χ0) is 11.0. The van der Waals surface area contributed by atoms with Crippen LogP contribution in [0.4, 0.5) is 0 Å². The summed E-state index contributed by atoms with van der Waals surface area (Å²) >= 11 is 0. The molecule has 1 aromatic rings. The maximum absolute atomic E-state index is 5.86. The summed E-state index contributed by atoms with van der Waals surface area (Å²) in [4.78, 5) is 0. The van der Waals surface area contributed by atoms with Gasteiger partial charge in [0.1, 0.15) is 5.75 Å². The molecule has 0 bridgehead atoms. The zero-order valence-corrected chi connectivity index (χ0v) is 9.66. The van der Waals surface area contributed by atoms with E-state index in [-0.39, 0.29) is 0 Å². The van der Waals surface area contributed by atoms with Crippen LogP contribution >= 0.6 is 0 Å². The van der Waals surface area contributed by atoms with Gasteiger partial charge < -0.3 is 10.5 Å². The minimum Gasteiger partial charge on any atom is -0.496 e. The van der Waals surface area contributed by atoms with Crippen molar-refractivity contribution in [2.24, 2.45) is 5.73 Å². The van der Waals surface area contributed by atoms with E-state index in [0.717, 1.165) is 12.2 Å². The Kier molecular flexibility index (Phi) is 2.70. The second-order valence-corrected chi connectivity index (χ2v) is 4.66. The lowest BCUT2D eigenvalue weighted by molar-refractivity contribution is 0.408. The zero-order valence-electron chi connectivity index (χ0n) is 9.66. The van der Waals surface area contributed by atoms with Crippen molar-refractivity contribution in [2.75, 3.05) is 7.11 Å². The van der Waals surface area contributed by atoms with Crippen molar-refractivity contribution in [3.63, 3.8) is 0 Å². The highest BCUT2D eigenvalue weighted by Crippen LogP contribution is 2.43. The number of hydrogen-bond donors (Lipinski definition) is 1. The Bertz CT molecular complexity index is 360. The van der Waals surface area contributed by atoms with Crippen LogP contribution in [0.2, 0.25) is 0 Å². The molecule has 2 nitrogen and oxygen atoms in total. The standard InChI is InChI=1S/C13H19NO/c1-8(2)9-4-5-10(11-7-12(11)14)13(6-9)15-3/h4-6,8,11-12H,7,14H2,1-3H3. The molecule has 2 atom stereocenters. The molecule has 2 N–H and O–H groups in total. The van der Waals surface area contributed by atoms with Gasteiger partial charge in [-0.15, -0.1) is 0 Å². The quantitative estimate of drug-likeness (QED) is 0.823. The van der Waals surface area contributed by atoms with Gasteiger partial charge in [-0.2, -0.15) is 0 Å². The van der Waals surface area contributed by atoms with Crippen molar-refractivity contribution >= 4 is 0 Å². The molecule has 0 amide bonds. The topological polar surface area (TPSA) is 35.2 Å². The summed E-state index contributed by atoms with van der Waals surface area (Å²) in [5.41, 5.74) is 8.46. The second-order valence-electron chi connectivity index (χ2n) is 4.66. The first-order chi connectivity index (χ1) is 7.13. The van der Waals surface area contributed by atoms with Gasteiger partial charge >= 0.3 is 0 Å². The van der Waals surface area contributed by atoms with Gasteiger partial charge in [0.05, 0.1) is 7.11 Å². The van der Waals surface area contributed by atoms with Crippen LogP contribution in [0.1, 0.15) is 43.2 Å². The molecule has 0 radical (unpaired) electrons. The second kappa shape index (κ2) is 3.86. The molecular formula is C13H19NO. The number of ether oxygens (including phenoxy) is 1. The van der Waals surface area contributed by atoms with Gasteiger partial charge in [0.25, 0.3) is 0 Å². The van der Waals surface area contributed by atoms with Crippen molar-refractivity contribution < 1.29 is 4.74 Å². The molecule has 0 spiro atoms. The first-order valence-electron chi connectivity index (χ1n) is 5.57. The largest absolute Gasteiger partial charge is 0.496 e. The first-order valence-corrected chi connectivity index (χ1v) is 5.57. The number of rotatable bonds is 3. The van der Waals surface area contributed by atoms with E-state index in [1.54, 1.807) is 7.11 Å². The SMILES string of the molecule is COc1cc(C(C)C)ccc1C1CC1N. The molecule has 2 heteroatoms. The van der Waals surface area contributed by atoms with Gasteiger partial charge in [-0.05, 0) is 29.5 Å². The Morgan fingerprint density at radius 3 is 2.53 bits per heavy atom. The van der Waals surface area contributed by atoms with Crippen molar-refractivity contribution in [1.29, 1.82) is 0 Å². The van der Waals surface area contributed by atoms with Gasteiger partial charge in [-0.1, -0.05) is 26.0 Å². The highest BCUT2D eigenvalue weighted by atomic mass is 16.5. The predicted octanol–water partition coefficient (Wildman–Crippen LogP) is 2.63. The third kappa shape index (κ3) is 2.00. The third-order valence-electron chi connectivity index (χ3n) is 3.16. The van der Waals surface area contributed by atoms with Crippen molar-refractivity contribution in [1.82, 2.24) is 0 Å². The van der Waals surface area contributed by atoms with Gasteiger partial charge in [0.15, 0.2) is 0 Å². The molecule has 1 aliphatic carbocycles. The summed E-state index contributed by atoms with van der Waals surface area (Å²) in [7, 11) is 1.73. The van der Waals surface area contributed by atoms with E-state index < -0.39 is 0 Å². The highest BCUT2D eigenvalue weighted by Gasteiger charge is 2.36. The van der Waals surface area contributed by atoms with Gasteiger partial charge in [0.2, 0.25) is 0 Å². The molecule has 82 valence electrons. The summed E-state index contributed by atoms with van der Waals surface area (Å²) in [6, 6.07) is 6.84. The van der Waals surface area contributed by atoms with E-state index in [9.17, 15) is 0 Å². The maximum Gasteiger partial charge on any atom is 0.122 e. The number of nitrogens with two attached hydrogens (primary N) is 1. The van der Waals surface area contributed by atoms with Crippen LogP contribution in [-0.4, -0.2) is 13.2 Å². The first kappa shape index (κ1) is 10.5. The fourth-order valence-electron chi connectivity index (χ4n) is 1.97. The van der Waals surface area contributed by atoms with Crippen LogP contribution in [0.25, 0.3) is 0 Å². The van der Waals surface area contributed by atoms with Crippen LogP contribution in [0, 0.1) is 0 Å². The lowest BCUT2D eigenvalue weighted by atomic mass is 9.99. The van der Waals surface area contributed by atoms with E-state index >= 15 is 0 Å². The van der Waals surface area contributed by atoms with Gasteiger partial charge in [-0.3, -0.25) is 0 Å². The normalized spacial score (nSPS) is 24.3. The van der Waals surface area contributed by atoms with Crippen LogP contribution < -0.4 is 10.5 Å². The fourth-order valence-corrected chi connectivity index (χ4v) is 1.97. The van der Waals surface area contributed by atoms with Crippen LogP contribution in [-0.2, 0) is 0 Å². The lowest BCUT2D eigenvalue weighted by Crippen LogP contribution is -2.02. The Morgan fingerprint density at radius 1 is 1.40 bits per heavy atom. The van der Waals surface area contributed by atoms with Gasteiger partial charge in [-0.25, -0.2) is 0 Å². The van der Waals surface area contributed by atoms with E-state index in [4.69, 9.17) is 10.5 Å². The molecule has 1 aromatic carbocycles. The summed E-state index contributed by atoms with van der Waals surface area (Å²) in [5, 5.41) is 0. The molecule has 1 saturated carbocycles. The average molecular weight is 205 g/mol. The molecule has 15 heavy (non-hydrogen) atoms. The minimum absolute atomic E-state index is 0.337. The van der Waals surface area contributed by atoms with Crippen molar-refractivity contribution in [3.05, 3.63) is 29.3 Å². The maximum atomic E-state index is 5.86. The van der Waals surface area contributed by atoms with E-state index in [1.807, 2.05) is 0 Å². The Hall–Kier alpha value is -1.02. The van der Waals surface area contributed by atoms with Crippen LogP contribution in [0.5, 0.6) is 5.75 Å². The molecule has 0 aliphatic heterocycles. The lowest BCUT2D eigenvalue weighted by Gasteiger charge is -2.12. The van der Waals surface area contributed by atoms with E-state index in [2.05, 4.69) is 32.0 Å². The van der Waals surface area contributed by atoms with E-state index in [0.29, 0.717) is 17.9 Å². The summed E-state index contributed by atoms with van der Waals surface area (Å²) in [6.45, 7) is 4.38. The summed E-state index contributed by atoms with van der Waals surface area (Å²) in [6.07, 6.45) is 1.09. The van der Waals surface area contributed by atoms with Crippen molar-refractivity contribution in [3.8, 4) is 5.75 Å². The molecule has 2 rings (SSSR count). The van der Waals surface area contributed by atoms with Gasteiger partial charge in [0, 0.05) is 12.0 Å². The molecule has 0 saturated heterocycles. The smallest absolute Gasteiger partial charge is 0.122 e. The highest BCUT2D eigenvalue weighted by molar-refractivity contribution is 5.44. The summed E-state index contributed by atoms with van der Waals surface area (Å²) in [5.74, 6) is 2.06. The van der Waals surface area contributed by atoms with Crippen LogP contribution in [0.15, 0.2) is 18.2 Å². The number of methoxy groups -OCH3 is 1. The Balaban J connectivity index is 2.32. The van der Waals surface area contributed by atoms with Crippen LogP contribution in [0.3, 0.4) is 0 Å². The third-order valence-corrected chi connectivity index (χ3v) is 3.16. The average Bonchev–Trinajstić information content (AvgIpc) is 2.94. The monoisotopic (exact) mass is 205 g/mol. The number of benzene rings is 1. The fraction of sp³-hybridized carbons (Fsp3) is 0.538. The Labute approximate surface area is 91.4 Å². The predicted molar refractivity (Wildman–Crippen MR) is 62.4 cm³/mol. The molecule has 0 heterocycles. The Morgan fingerprint density at radius 2 is 2.07 bits per heavy atom. The molecule has 0 aromatic heterocycles. The molecule has 2 unspecified atom stereocenters. The summed E-state index contributed by atoms with van der Waals surface area (Å²) < 4.78 is 5.43. The molecular weight excluding hydrogens is 186 g/mol. The molecule has 1 fully saturated rings.